The van der Waals surface area contributed by atoms with Crippen LogP contribution in [0.5, 0.6) is 23.0 Å². The molecular weight excluding hydrogens is 947 g/mol. The first kappa shape index (κ1) is 42.3. The lowest BCUT2D eigenvalue weighted by Crippen LogP contribution is -2.32. The minimum atomic E-state index is -0.646. The number of fused-ring (bicyclic) bond motifs is 28. The topological polar surface area (TPSA) is 21.7 Å². The van der Waals surface area contributed by atoms with E-state index in [1.165, 1.54) is 89.0 Å². The number of nitrogens with zero attached hydrogens (tertiary/aromatic N) is 1. The van der Waals surface area contributed by atoms with Gasteiger partial charge in [0, 0.05) is 39.3 Å². The monoisotopic (exact) mass is 991 g/mol. The molecule has 0 atom stereocenters. The van der Waals surface area contributed by atoms with E-state index in [-0.39, 0.29) is 0 Å². The third kappa shape index (κ3) is 5.01. The lowest BCUT2D eigenvalue weighted by atomic mass is 9.66. The molecule has 0 bridgehead atoms. The van der Waals surface area contributed by atoms with E-state index >= 15 is 0 Å². The van der Waals surface area contributed by atoms with Crippen molar-refractivity contribution in [2.45, 2.75) is 16.2 Å². The van der Waals surface area contributed by atoms with Crippen LogP contribution in [0, 0.1) is 0 Å². The molecule has 12 aromatic rings. The van der Waals surface area contributed by atoms with Crippen molar-refractivity contribution in [1.29, 1.82) is 0 Å². The Morgan fingerprint density at radius 1 is 0.192 bits per heavy atom. The van der Waals surface area contributed by atoms with Gasteiger partial charge in [0.2, 0.25) is 0 Å². The summed E-state index contributed by atoms with van der Waals surface area (Å²) in [7, 11) is 0. The maximum absolute atomic E-state index is 6.82. The molecule has 0 saturated carbocycles. The van der Waals surface area contributed by atoms with Gasteiger partial charge in [0.05, 0.1) is 16.2 Å². The van der Waals surface area contributed by atoms with Crippen LogP contribution in [0.25, 0.3) is 44.5 Å². The van der Waals surface area contributed by atoms with Crippen molar-refractivity contribution >= 4 is 17.1 Å². The van der Waals surface area contributed by atoms with Crippen molar-refractivity contribution in [3.05, 3.63) is 340 Å². The molecule has 78 heavy (non-hydrogen) atoms. The highest BCUT2D eigenvalue weighted by Crippen LogP contribution is 2.67. The van der Waals surface area contributed by atoms with E-state index in [9.17, 15) is 0 Å². The van der Waals surface area contributed by atoms with E-state index in [1.807, 2.05) is 0 Å². The van der Waals surface area contributed by atoms with Crippen molar-refractivity contribution in [3.8, 4) is 67.5 Å². The van der Waals surface area contributed by atoms with Crippen LogP contribution < -0.4 is 14.4 Å². The zero-order valence-electron chi connectivity index (χ0n) is 42.2. The molecule has 3 heteroatoms. The molecular formula is C75H45NO2. The maximum Gasteiger partial charge on any atom is 0.132 e. The van der Waals surface area contributed by atoms with Gasteiger partial charge >= 0.3 is 0 Å². The van der Waals surface area contributed by atoms with Crippen LogP contribution in [0.4, 0.5) is 17.1 Å². The van der Waals surface area contributed by atoms with Gasteiger partial charge in [-0.15, -0.1) is 0 Å². The highest BCUT2D eigenvalue weighted by molar-refractivity contribution is 5.98. The average molecular weight is 992 g/mol. The van der Waals surface area contributed by atoms with Gasteiger partial charge in [-0.25, -0.2) is 0 Å². The van der Waals surface area contributed by atoms with E-state index in [0.717, 1.165) is 62.3 Å². The standard InChI is InChI=1S/C75H45NO2/c1-6-24-57-49(19-1)50-20-2-7-25-58(50)73(57)59-26-8-3-21-51(59)54-40-37-47(44-67(54)73)76(46-39-42-62-56(43-46)53-23-5-10-28-61(53)74(62)63-29-11-15-33-69(63)77-70-34-16-12-30-64(70)74)48-38-41-55-52-22-4-9-27-60(52)75(68(55)45-48)65-31-13-17-35-71(65)78-72-36-18-14-32-66(72)75/h1-45H. The minimum absolute atomic E-state index is 0.521. The van der Waals surface area contributed by atoms with Gasteiger partial charge in [0.1, 0.15) is 23.0 Å². The molecule has 3 spiro atoms. The van der Waals surface area contributed by atoms with E-state index < -0.39 is 16.2 Å². The van der Waals surface area contributed by atoms with Gasteiger partial charge < -0.3 is 14.4 Å². The van der Waals surface area contributed by atoms with Crippen LogP contribution in [0.15, 0.2) is 273 Å². The fraction of sp³-hybridized carbons (Fsp3) is 0.0400. The predicted octanol–water partition coefficient (Wildman–Crippen LogP) is 18.4. The minimum Gasteiger partial charge on any atom is -0.457 e. The van der Waals surface area contributed by atoms with Crippen molar-refractivity contribution in [2.24, 2.45) is 0 Å². The molecule has 0 amide bonds. The molecule has 2 heterocycles. The van der Waals surface area contributed by atoms with Gasteiger partial charge in [-0.3, -0.25) is 0 Å². The van der Waals surface area contributed by atoms with Crippen LogP contribution in [0.1, 0.15) is 66.8 Å². The summed E-state index contributed by atoms with van der Waals surface area (Å²) in [4.78, 5) is 2.54. The molecule has 3 nitrogen and oxygen atoms in total. The number of rotatable bonds is 3. The molecule has 0 saturated heterocycles. The Morgan fingerprint density at radius 2 is 0.436 bits per heavy atom. The van der Waals surface area contributed by atoms with Gasteiger partial charge in [0.15, 0.2) is 0 Å². The van der Waals surface area contributed by atoms with Gasteiger partial charge in [-0.05, 0) is 150 Å². The third-order valence-corrected chi connectivity index (χ3v) is 18.4. The molecule has 0 radical (unpaired) electrons. The molecule has 362 valence electrons. The van der Waals surface area contributed by atoms with Crippen molar-refractivity contribution in [2.75, 3.05) is 4.90 Å². The second kappa shape index (κ2) is 15.1. The van der Waals surface area contributed by atoms with Gasteiger partial charge in [0.25, 0.3) is 0 Å². The third-order valence-electron chi connectivity index (χ3n) is 18.4. The van der Waals surface area contributed by atoms with Gasteiger partial charge in [-0.1, -0.05) is 212 Å². The summed E-state index contributed by atoms with van der Waals surface area (Å²) in [5.74, 6) is 3.53. The summed E-state index contributed by atoms with van der Waals surface area (Å²) in [6.07, 6.45) is 0. The van der Waals surface area contributed by atoms with Crippen LogP contribution in [-0.4, -0.2) is 0 Å². The second-order valence-corrected chi connectivity index (χ2v) is 21.7. The summed E-state index contributed by atoms with van der Waals surface area (Å²) in [6, 6.07) is 102. The Hall–Kier alpha value is -9.96. The largest absolute Gasteiger partial charge is 0.457 e. The highest BCUT2D eigenvalue weighted by Gasteiger charge is 2.55. The summed E-state index contributed by atoms with van der Waals surface area (Å²) in [6.45, 7) is 0. The second-order valence-electron chi connectivity index (χ2n) is 21.7. The first-order valence-electron chi connectivity index (χ1n) is 27.1. The van der Waals surface area contributed by atoms with E-state index in [0.29, 0.717) is 0 Å². The van der Waals surface area contributed by atoms with Crippen LogP contribution in [0.3, 0.4) is 0 Å². The summed E-state index contributed by atoms with van der Waals surface area (Å²) in [5, 5.41) is 0. The summed E-state index contributed by atoms with van der Waals surface area (Å²) >= 11 is 0. The first-order chi connectivity index (χ1) is 38.7. The van der Waals surface area contributed by atoms with Crippen molar-refractivity contribution in [1.82, 2.24) is 0 Å². The number of benzene rings is 12. The zero-order valence-corrected chi connectivity index (χ0v) is 42.2. The Kier molecular flexibility index (Phi) is 8.20. The van der Waals surface area contributed by atoms with Gasteiger partial charge in [-0.2, -0.15) is 0 Å². The Morgan fingerprint density at radius 3 is 0.808 bits per heavy atom. The fourth-order valence-electron chi connectivity index (χ4n) is 15.6. The molecule has 2 aliphatic heterocycles. The number of para-hydroxylation sites is 4. The number of anilines is 3. The Bertz CT molecular complexity index is 4460. The smallest absolute Gasteiger partial charge is 0.132 e. The Labute approximate surface area is 452 Å². The van der Waals surface area contributed by atoms with Crippen LogP contribution in [0.2, 0.25) is 0 Å². The molecule has 0 unspecified atom stereocenters. The quantitative estimate of drug-likeness (QED) is 0.176. The van der Waals surface area contributed by atoms with E-state index in [4.69, 9.17) is 9.47 Å². The van der Waals surface area contributed by atoms with Crippen LogP contribution in [-0.2, 0) is 16.2 Å². The Balaban J connectivity index is 0.929. The van der Waals surface area contributed by atoms with Crippen molar-refractivity contribution < 1.29 is 9.47 Å². The maximum atomic E-state index is 6.82. The van der Waals surface area contributed by atoms with E-state index in [2.05, 4.69) is 278 Å². The molecule has 6 aliphatic rings. The summed E-state index contributed by atoms with van der Waals surface area (Å²) < 4.78 is 13.6. The lowest BCUT2D eigenvalue weighted by Gasteiger charge is -2.40. The molecule has 12 aromatic carbocycles. The lowest BCUT2D eigenvalue weighted by molar-refractivity contribution is 0.436. The molecule has 0 aromatic heterocycles. The van der Waals surface area contributed by atoms with Crippen LogP contribution >= 0.6 is 0 Å². The average Bonchev–Trinajstić information content (AvgIpc) is 4.37. The predicted molar refractivity (Wildman–Crippen MR) is 312 cm³/mol. The normalized spacial score (nSPS) is 15.2. The number of ether oxygens (including phenoxy) is 2. The zero-order chi connectivity index (χ0) is 50.9. The molecule has 4 aliphatic carbocycles. The SMILES string of the molecule is c1ccc2c(c1)Oc1ccccc1C21c2ccccc2-c2cc(N(c3ccc4c(c3)C3(c5ccccc5Oc5ccccc53)c3ccccc3-4)c3ccc4c(c3)C3(c5ccccc5-c5ccccc53)c3ccccc3-4)ccc21. The highest BCUT2D eigenvalue weighted by atomic mass is 16.5. The molecule has 0 N–H and O–H groups in total. The van der Waals surface area contributed by atoms with Crippen molar-refractivity contribution in [3.63, 3.8) is 0 Å². The first-order valence-corrected chi connectivity index (χ1v) is 27.1. The number of hydrogen-bond donors (Lipinski definition) is 0. The molecule has 0 fully saturated rings. The number of hydrogen-bond acceptors (Lipinski definition) is 3. The van der Waals surface area contributed by atoms with E-state index in [1.54, 1.807) is 0 Å². The summed E-state index contributed by atoms with van der Waals surface area (Å²) in [5.41, 5.74) is 26.4. The molecule has 18 rings (SSSR count). The fourth-order valence-corrected chi connectivity index (χ4v) is 15.6.